The molecule has 0 aliphatic carbocycles. The largest absolute Gasteiger partial charge is 0.379 e. The van der Waals surface area contributed by atoms with Gasteiger partial charge in [-0.2, -0.15) is 0 Å². The van der Waals surface area contributed by atoms with Crippen LogP contribution in [0.3, 0.4) is 0 Å². The molecular formula is C13H19N3O. The second-order valence-electron chi connectivity index (χ2n) is 5.16. The molecule has 2 fully saturated rings. The highest BCUT2D eigenvalue weighted by molar-refractivity contribution is 5.28. The highest BCUT2D eigenvalue weighted by atomic mass is 16.5. The molecule has 17 heavy (non-hydrogen) atoms. The fourth-order valence-electron chi connectivity index (χ4n) is 2.82. The fourth-order valence-corrected chi connectivity index (χ4v) is 2.82. The van der Waals surface area contributed by atoms with Crippen LogP contribution in [0.4, 0.5) is 0 Å². The first-order valence-electron chi connectivity index (χ1n) is 6.21. The minimum Gasteiger partial charge on any atom is -0.379 e. The van der Waals surface area contributed by atoms with Crippen molar-refractivity contribution in [1.29, 1.82) is 0 Å². The Morgan fingerprint density at radius 3 is 3.00 bits per heavy atom. The van der Waals surface area contributed by atoms with Gasteiger partial charge in [-0.1, -0.05) is 6.07 Å². The lowest BCUT2D eigenvalue weighted by Gasteiger charge is -2.50. The Balaban J connectivity index is 1.87. The summed E-state index contributed by atoms with van der Waals surface area (Å²) in [4.78, 5) is 6.64. The predicted molar refractivity (Wildman–Crippen MR) is 66.0 cm³/mol. The monoisotopic (exact) mass is 233 g/mol. The second-order valence-corrected chi connectivity index (χ2v) is 5.16. The zero-order valence-corrected chi connectivity index (χ0v) is 10.2. The van der Waals surface area contributed by atoms with Gasteiger partial charge in [-0.05, 0) is 18.7 Å². The van der Waals surface area contributed by atoms with Crippen molar-refractivity contribution in [3.63, 3.8) is 0 Å². The third-order valence-corrected chi connectivity index (χ3v) is 4.00. The van der Waals surface area contributed by atoms with Crippen LogP contribution < -0.4 is 5.32 Å². The summed E-state index contributed by atoms with van der Waals surface area (Å²) in [5.74, 6) is 0. The first-order chi connectivity index (χ1) is 8.31. The molecule has 3 rings (SSSR count). The lowest BCUT2D eigenvalue weighted by Crippen LogP contribution is -2.66. The van der Waals surface area contributed by atoms with Crippen molar-refractivity contribution < 1.29 is 4.74 Å². The molecule has 0 radical (unpaired) electrons. The number of likely N-dealkylation sites (N-methyl/N-ethyl adjacent to an activating group) is 1. The number of aromatic nitrogens is 1. The highest BCUT2D eigenvalue weighted by Crippen LogP contribution is 2.36. The van der Waals surface area contributed by atoms with E-state index in [4.69, 9.17) is 4.74 Å². The quantitative estimate of drug-likeness (QED) is 0.795. The molecule has 92 valence electrons. The molecule has 2 saturated heterocycles. The number of rotatable bonds is 2. The Labute approximate surface area is 102 Å². The summed E-state index contributed by atoms with van der Waals surface area (Å²) in [7, 11) is 2.18. The standard InChI is InChI=1S/C13H19N3O/c1-16-6-5-15-12(8-16)13(9-17-10-13)11-3-2-4-14-7-11/h2-4,7,12,15H,5-6,8-10H2,1H3. The molecule has 0 spiro atoms. The van der Waals surface area contributed by atoms with E-state index in [2.05, 4.69) is 28.3 Å². The molecule has 0 amide bonds. The first-order valence-corrected chi connectivity index (χ1v) is 6.21. The van der Waals surface area contributed by atoms with Crippen molar-refractivity contribution >= 4 is 0 Å². The lowest BCUT2D eigenvalue weighted by atomic mass is 9.72. The zero-order valence-electron chi connectivity index (χ0n) is 10.2. The molecule has 4 nitrogen and oxygen atoms in total. The molecule has 2 aliphatic rings. The van der Waals surface area contributed by atoms with E-state index >= 15 is 0 Å². The van der Waals surface area contributed by atoms with Crippen LogP contribution in [0.15, 0.2) is 24.5 Å². The van der Waals surface area contributed by atoms with Gasteiger partial charge >= 0.3 is 0 Å². The van der Waals surface area contributed by atoms with E-state index in [1.54, 1.807) is 0 Å². The number of piperazine rings is 1. The summed E-state index contributed by atoms with van der Waals surface area (Å²) in [6.07, 6.45) is 3.82. The number of ether oxygens (including phenoxy) is 1. The molecule has 1 aromatic heterocycles. The van der Waals surface area contributed by atoms with Gasteiger partial charge in [0.25, 0.3) is 0 Å². The van der Waals surface area contributed by atoms with Gasteiger partial charge in [0.2, 0.25) is 0 Å². The van der Waals surface area contributed by atoms with Crippen molar-refractivity contribution in [2.24, 2.45) is 0 Å². The number of pyridine rings is 1. The minimum absolute atomic E-state index is 0.128. The Kier molecular flexibility index (Phi) is 2.86. The molecule has 2 aliphatic heterocycles. The van der Waals surface area contributed by atoms with Crippen LogP contribution in [0, 0.1) is 0 Å². The third-order valence-electron chi connectivity index (χ3n) is 4.00. The van der Waals surface area contributed by atoms with E-state index in [1.165, 1.54) is 5.56 Å². The molecule has 1 N–H and O–H groups in total. The highest BCUT2D eigenvalue weighted by Gasteiger charge is 2.48. The number of nitrogens with zero attached hydrogens (tertiary/aromatic N) is 2. The van der Waals surface area contributed by atoms with Crippen LogP contribution in [-0.4, -0.2) is 55.8 Å². The van der Waals surface area contributed by atoms with Crippen LogP contribution in [0.2, 0.25) is 0 Å². The summed E-state index contributed by atoms with van der Waals surface area (Å²) < 4.78 is 5.49. The van der Waals surface area contributed by atoms with Gasteiger partial charge in [-0.15, -0.1) is 0 Å². The molecule has 0 aromatic carbocycles. The SMILES string of the molecule is CN1CCNC(C2(c3cccnc3)COC2)C1. The van der Waals surface area contributed by atoms with Gasteiger partial charge in [-0.3, -0.25) is 4.98 Å². The predicted octanol–water partition coefficient (Wildman–Crippen LogP) is 0.253. The Morgan fingerprint density at radius 1 is 1.53 bits per heavy atom. The average Bonchev–Trinajstić information content (AvgIpc) is 2.29. The Bertz CT molecular complexity index is 378. The summed E-state index contributed by atoms with van der Waals surface area (Å²) in [6, 6.07) is 4.66. The van der Waals surface area contributed by atoms with Crippen molar-refractivity contribution in [3.8, 4) is 0 Å². The van der Waals surface area contributed by atoms with E-state index in [1.807, 2.05) is 18.5 Å². The number of nitrogens with one attached hydrogen (secondary N) is 1. The number of hydrogen-bond acceptors (Lipinski definition) is 4. The normalized spacial score (nSPS) is 28.6. The van der Waals surface area contributed by atoms with Crippen molar-refractivity contribution in [2.45, 2.75) is 11.5 Å². The molecule has 0 bridgehead atoms. The van der Waals surface area contributed by atoms with Crippen LogP contribution >= 0.6 is 0 Å². The van der Waals surface area contributed by atoms with Gasteiger partial charge in [0.05, 0.1) is 18.6 Å². The molecule has 0 saturated carbocycles. The maximum absolute atomic E-state index is 5.49. The van der Waals surface area contributed by atoms with Crippen molar-refractivity contribution in [3.05, 3.63) is 30.1 Å². The molecule has 3 heterocycles. The maximum Gasteiger partial charge on any atom is 0.0601 e. The van der Waals surface area contributed by atoms with E-state index in [-0.39, 0.29) is 5.41 Å². The zero-order chi connectivity index (χ0) is 11.7. The second kappa shape index (κ2) is 4.37. The maximum atomic E-state index is 5.49. The van der Waals surface area contributed by atoms with Crippen molar-refractivity contribution in [2.75, 3.05) is 39.9 Å². The van der Waals surface area contributed by atoms with Crippen LogP contribution in [0.1, 0.15) is 5.56 Å². The first kappa shape index (κ1) is 11.1. The summed E-state index contributed by atoms with van der Waals surface area (Å²) in [5.41, 5.74) is 1.43. The Hall–Kier alpha value is -0.970. The summed E-state index contributed by atoms with van der Waals surface area (Å²) >= 11 is 0. The van der Waals surface area contributed by atoms with Gasteiger partial charge in [0, 0.05) is 38.1 Å². The molecule has 1 unspecified atom stereocenters. The van der Waals surface area contributed by atoms with Gasteiger partial charge in [0.15, 0.2) is 0 Å². The Morgan fingerprint density at radius 2 is 2.41 bits per heavy atom. The summed E-state index contributed by atoms with van der Waals surface area (Å²) in [6.45, 7) is 4.89. The molecule has 4 heteroatoms. The minimum atomic E-state index is 0.128. The average molecular weight is 233 g/mol. The van der Waals surface area contributed by atoms with Crippen LogP contribution in [0.25, 0.3) is 0 Å². The molecular weight excluding hydrogens is 214 g/mol. The third kappa shape index (κ3) is 1.86. The van der Waals surface area contributed by atoms with Crippen LogP contribution in [-0.2, 0) is 10.2 Å². The van der Waals surface area contributed by atoms with E-state index < -0.39 is 0 Å². The van der Waals surface area contributed by atoms with Gasteiger partial charge in [0.1, 0.15) is 0 Å². The summed E-state index contributed by atoms with van der Waals surface area (Å²) in [5, 5.41) is 3.64. The van der Waals surface area contributed by atoms with Gasteiger partial charge < -0.3 is 15.0 Å². The lowest BCUT2D eigenvalue weighted by molar-refractivity contribution is -0.0866. The van der Waals surface area contributed by atoms with E-state index in [0.717, 1.165) is 32.8 Å². The fraction of sp³-hybridized carbons (Fsp3) is 0.615. The topological polar surface area (TPSA) is 37.4 Å². The molecule has 1 atom stereocenters. The van der Waals surface area contributed by atoms with E-state index in [0.29, 0.717) is 6.04 Å². The smallest absolute Gasteiger partial charge is 0.0601 e. The van der Waals surface area contributed by atoms with Crippen molar-refractivity contribution in [1.82, 2.24) is 15.2 Å². The molecule has 1 aromatic rings. The van der Waals surface area contributed by atoms with E-state index in [9.17, 15) is 0 Å². The van der Waals surface area contributed by atoms with Gasteiger partial charge in [-0.25, -0.2) is 0 Å². The van der Waals surface area contributed by atoms with Crippen LogP contribution in [0.5, 0.6) is 0 Å². The number of hydrogen-bond donors (Lipinski definition) is 1.